The molecule has 26 heavy (non-hydrogen) atoms. The third kappa shape index (κ3) is 3.11. The number of non-ortho nitro benzene ring substituents is 1. The van der Waals surface area contributed by atoms with Crippen molar-refractivity contribution in [3.05, 3.63) is 62.7 Å². The maximum Gasteiger partial charge on any atom is 0.295 e. The van der Waals surface area contributed by atoms with Crippen molar-refractivity contribution < 1.29 is 18.3 Å². The SMILES string of the molecule is Cn1c(SS(=O)(=O)c2ccc([N+](=O)[O-])cc2[N+](=O)[O-])nc2ccccc21. The molecule has 0 saturated heterocycles. The van der Waals surface area contributed by atoms with Gasteiger partial charge in [-0.15, -0.1) is 0 Å². The van der Waals surface area contributed by atoms with E-state index in [2.05, 4.69) is 4.98 Å². The molecule has 0 aliphatic carbocycles. The summed E-state index contributed by atoms with van der Waals surface area (Å²) in [6.45, 7) is 0. The van der Waals surface area contributed by atoms with Gasteiger partial charge < -0.3 is 4.57 Å². The van der Waals surface area contributed by atoms with E-state index in [0.717, 1.165) is 12.1 Å². The summed E-state index contributed by atoms with van der Waals surface area (Å²) in [6.07, 6.45) is 0. The smallest absolute Gasteiger partial charge is 0.295 e. The first kappa shape index (κ1) is 17.8. The highest BCUT2D eigenvalue weighted by Gasteiger charge is 2.31. The lowest BCUT2D eigenvalue weighted by Gasteiger charge is -2.05. The molecule has 0 saturated carbocycles. The monoisotopic (exact) mass is 394 g/mol. The minimum absolute atomic E-state index is 0.124. The van der Waals surface area contributed by atoms with Crippen LogP contribution in [0, 0.1) is 20.2 Å². The Morgan fingerprint density at radius 1 is 1.08 bits per heavy atom. The van der Waals surface area contributed by atoms with Gasteiger partial charge in [0.05, 0.1) is 26.9 Å². The molecule has 0 bridgehead atoms. The van der Waals surface area contributed by atoms with Crippen LogP contribution in [-0.2, 0) is 15.9 Å². The summed E-state index contributed by atoms with van der Waals surface area (Å²) >= 11 is 0. The molecule has 10 nitrogen and oxygen atoms in total. The Balaban J connectivity index is 2.09. The van der Waals surface area contributed by atoms with Crippen molar-refractivity contribution in [2.75, 3.05) is 0 Å². The second-order valence-electron chi connectivity index (χ2n) is 5.15. The largest absolute Gasteiger partial charge is 0.321 e. The van der Waals surface area contributed by atoms with Crippen molar-refractivity contribution in [1.82, 2.24) is 9.55 Å². The molecule has 1 heterocycles. The number of aryl methyl sites for hydroxylation is 1. The molecule has 12 heteroatoms. The maximum atomic E-state index is 12.7. The average Bonchev–Trinajstić information content (AvgIpc) is 2.90. The van der Waals surface area contributed by atoms with Crippen molar-refractivity contribution in [1.29, 1.82) is 0 Å². The number of nitro groups is 2. The number of hydrogen-bond donors (Lipinski definition) is 0. The Morgan fingerprint density at radius 3 is 2.38 bits per heavy atom. The van der Waals surface area contributed by atoms with Crippen molar-refractivity contribution >= 4 is 42.1 Å². The van der Waals surface area contributed by atoms with Gasteiger partial charge in [0.15, 0.2) is 10.1 Å². The minimum Gasteiger partial charge on any atom is -0.321 e. The van der Waals surface area contributed by atoms with Crippen LogP contribution in [0.15, 0.2) is 52.5 Å². The highest BCUT2D eigenvalue weighted by Crippen LogP contribution is 2.37. The highest BCUT2D eigenvalue weighted by atomic mass is 33.1. The number of benzene rings is 2. The summed E-state index contributed by atoms with van der Waals surface area (Å²) in [7, 11) is -2.26. The number of imidazole rings is 1. The normalized spacial score (nSPS) is 11.6. The third-order valence-corrected chi connectivity index (χ3v) is 6.81. The van der Waals surface area contributed by atoms with Gasteiger partial charge in [0.25, 0.3) is 11.4 Å². The molecule has 2 aromatic carbocycles. The first-order valence-corrected chi connectivity index (χ1v) is 9.81. The van der Waals surface area contributed by atoms with Crippen LogP contribution in [0.4, 0.5) is 11.4 Å². The van der Waals surface area contributed by atoms with Gasteiger partial charge in [0.1, 0.15) is 0 Å². The Kier molecular flexibility index (Phi) is 4.38. The van der Waals surface area contributed by atoms with E-state index in [1.54, 1.807) is 35.9 Å². The molecule has 0 aliphatic heterocycles. The summed E-state index contributed by atoms with van der Waals surface area (Å²) in [5, 5.41) is 22.1. The van der Waals surface area contributed by atoms with E-state index in [-0.39, 0.29) is 5.16 Å². The molecule has 0 unspecified atom stereocenters. The van der Waals surface area contributed by atoms with Crippen molar-refractivity contribution in [3.8, 4) is 0 Å². The summed E-state index contributed by atoms with van der Waals surface area (Å²) < 4.78 is 26.9. The lowest BCUT2D eigenvalue weighted by Crippen LogP contribution is -2.04. The van der Waals surface area contributed by atoms with Gasteiger partial charge in [0.2, 0.25) is 8.87 Å². The number of nitrogens with zero attached hydrogens (tertiary/aromatic N) is 4. The zero-order valence-corrected chi connectivity index (χ0v) is 14.7. The molecule has 3 aromatic rings. The molecule has 0 N–H and O–H groups in total. The van der Waals surface area contributed by atoms with Gasteiger partial charge in [-0.3, -0.25) is 20.2 Å². The number of nitro benzene ring substituents is 2. The Labute approximate surface area is 150 Å². The van der Waals surface area contributed by atoms with Crippen LogP contribution in [-0.4, -0.2) is 27.8 Å². The van der Waals surface area contributed by atoms with E-state index in [0.29, 0.717) is 27.9 Å². The van der Waals surface area contributed by atoms with Crippen LogP contribution in [0.25, 0.3) is 11.0 Å². The highest BCUT2D eigenvalue weighted by molar-refractivity contribution is 8.72. The van der Waals surface area contributed by atoms with Gasteiger partial charge in [0, 0.05) is 23.9 Å². The van der Waals surface area contributed by atoms with Gasteiger partial charge in [-0.25, -0.2) is 13.4 Å². The molecule has 0 spiro atoms. The molecule has 3 rings (SSSR count). The number of para-hydroxylation sites is 2. The number of fused-ring (bicyclic) bond motifs is 1. The predicted octanol–water partition coefficient (Wildman–Crippen LogP) is 2.87. The molecule has 0 atom stereocenters. The fourth-order valence-electron chi connectivity index (χ4n) is 2.31. The third-order valence-electron chi connectivity index (χ3n) is 3.55. The van der Waals surface area contributed by atoms with Crippen LogP contribution in [0.3, 0.4) is 0 Å². The fourth-order valence-corrected chi connectivity index (χ4v) is 5.30. The Bertz CT molecular complexity index is 1160. The Hall–Kier alpha value is -2.99. The van der Waals surface area contributed by atoms with Gasteiger partial charge in [-0.2, -0.15) is 0 Å². The quantitative estimate of drug-likeness (QED) is 0.366. The second kappa shape index (κ2) is 6.38. The molecule has 0 radical (unpaired) electrons. The number of aromatic nitrogens is 2. The van der Waals surface area contributed by atoms with E-state index in [1.807, 2.05) is 0 Å². The molecule has 0 aliphatic rings. The van der Waals surface area contributed by atoms with E-state index in [4.69, 9.17) is 0 Å². The zero-order valence-electron chi connectivity index (χ0n) is 13.1. The molecule has 134 valence electrons. The topological polar surface area (TPSA) is 138 Å². The number of rotatable bonds is 5. The second-order valence-corrected chi connectivity index (χ2v) is 8.84. The molecular weight excluding hydrogens is 384 g/mol. The first-order valence-electron chi connectivity index (χ1n) is 6.99. The van der Waals surface area contributed by atoms with E-state index >= 15 is 0 Å². The van der Waals surface area contributed by atoms with Crippen LogP contribution in [0.2, 0.25) is 0 Å². The van der Waals surface area contributed by atoms with Crippen LogP contribution >= 0.6 is 10.8 Å². The predicted molar refractivity (Wildman–Crippen MR) is 93.5 cm³/mol. The minimum atomic E-state index is -4.23. The van der Waals surface area contributed by atoms with E-state index < -0.39 is 35.0 Å². The summed E-state index contributed by atoms with van der Waals surface area (Å²) in [6, 6.07) is 9.39. The molecule has 0 amide bonds. The lowest BCUT2D eigenvalue weighted by molar-refractivity contribution is -0.396. The molecule has 0 fully saturated rings. The van der Waals surface area contributed by atoms with Gasteiger partial charge in [-0.05, 0) is 18.2 Å². The first-order chi connectivity index (χ1) is 12.2. The van der Waals surface area contributed by atoms with Crippen LogP contribution in [0.5, 0.6) is 0 Å². The summed E-state index contributed by atoms with van der Waals surface area (Å²) in [4.78, 5) is 23.8. The fraction of sp³-hybridized carbons (Fsp3) is 0.0714. The van der Waals surface area contributed by atoms with Gasteiger partial charge >= 0.3 is 0 Å². The summed E-state index contributed by atoms with van der Waals surface area (Å²) in [5.41, 5.74) is -0.150. The lowest BCUT2D eigenvalue weighted by atomic mass is 10.3. The van der Waals surface area contributed by atoms with Crippen LogP contribution < -0.4 is 0 Å². The molecular formula is C14H10N4O6S2. The maximum absolute atomic E-state index is 12.7. The van der Waals surface area contributed by atoms with Crippen molar-refractivity contribution in [3.63, 3.8) is 0 Å². The van der Waals surface area contributed by atoms with E-state index in [9.17, 15) is 28.6 Å². The van der Waals surface area contributed by atoms with E-state index in [1.165, 1.54) is 0 Å². The average molecular weight is 394 g/mol. The standard InChI is InChI=1S/C14H10N4O6S2/c1-16-11-5-3-2-4-10(11)15-14(16)25-26(23,24)13-7-6-9(17(19)20)8-12(13)18(21)22/h2-8H,1H3. The van der Waals surface area contributed by atoms with Gasteiger partial charge in [-0.1, -0.05) is 12.1 Å². The van der Waals surface area contributed by atoms with Crippen molar-refractivity contribution in [2.24, 2.45) is 7.05 Å². The summed E-state index contributed by atoms with van der Waals surface area (Å²) in [5.74, 6) is 0. The van der Waals surface area contributed by atoms with Crippen LogP contribution in [0.1, 0.15) is 0 Å². The number of hydrogen-bond acceptors (Lipinski definition) is 8. The van der Waals surface area contributed by atoms with Crippen molar-refractivity contribution in [2.45, 2.75) is 10.1 Å². The Morgan fingerprint density at radius 2 is 1.77 bits per heavy atom. The molecule has 1 aromatic heterocycles. The zero-order chi connectivity index (χ0) is 19.1.